The van der Waals surface area contributed by atoms with Crippen molar-refractivity contribution in [2.75, 3.05) is 13.1 Å². The fourth-order valence-corrected chi connectivity index (χ4v) is 1.49. The van der Waals surface area contributed by atoms with Gasteiger partial charge in [0.15, 0.2) is 0 Å². The van der Waals surface area contributed by atoms with Crippen LogP contribution < -0.4 is 10.6 Å². The van der Waals surface area contributed by atoms with Gasteiger partial charge in [-0.05, 0) is 11.8 Å². The molecule has 0 radical (unpaired) electrons. The molecule has 1 fully saturated rings. The van der Waals surface area contributed by atoms with Crippen molar-refractivity contribution in [1.29, 1.82) is 0 Å². The van der Waals surface area contributed by atoms with Gasteiger partial charge >= 0.3 is 0 Å². The summed E-state index contributed by atoms with van der Waals surface area (Å²) in [6.07, 6.45) is 1.10. The van der Waals surface area contributed by atoms with Gasteiger partial charge in [-0.25, -0.2) is 0 Å². The minimum absolute atomic E-state index is 0.111. The minimum atomic E-state index is 0.111. The van der Waals surface area contributed by atoms with Crippen LogP contribution in [0.4, 0.5) is 0 Å². The van der Waals surface area contributed by atoms with Crippen molar-refractivity contribution in [3.8, 4) is 0 Å². The molecule has 1 aliphatic heterocycles. The molecule has 0 saturated carbocycles. The highest BCUT2D eigenvalue weighted by atomic mass is 16.2. The van der Waals surface area contributed by atoms with E-state index in [0.717, 1.165) is 13.0 Å². The Morgan fingerprint density at radius 1 is 1.50 bits per heavy atom. The standard InChI is InChI=1S/C9H18N2O/c1-9(2,3)4-7-5-11-8(12)6-10-7/h7,10H,4-6H2,1-3H3,(H,11,12). The predicted molar refractivity (Wildman–Crippen MR) is 48.9 cm³/mol. The molecule has 3 nitrogen and oxygen atoms in total. The van der Waals surface area contributed by atoms with Crippen molar-refractivity contribution in [1.82, 2.24) is 10.6 Å². The Morgan fingerprint density at radius 2 is 2.17 bits per heavy atom. The third-order valence-electron chi connectivity index (χ3n) is 1.96. The first-order valence-corrected chi connectivity index (χ1v) is 4.47. The average molecular weight is 170 g/mol. The summed E-state index contributed by atoms with van der Waals surface area (Å²) < 4.78 is 0. The monoisotopic (exact) mass is 170 g/mol. The first-order valence-electron chi connectivity index (χ1n) is 4.47. The molecule has 2 N–H and O–H groups in total. The van der Waals surface area contributed by atoms with Gasteiger partial charge < -0.3 is 10.6 Å². The van der Waals surface area contributed by atoms with E-state index in [1.54, 1.807) is 0 Å². The lowest BCUT2D eigenvalue weighted by molar-refractivity contribution is -0.121. The second-order valence-corrected chi connectivity index (χ2v) is 4.65. The summed E-state index contributed by atoms with van der Waals surface area (Å²) in [4.78, 5) is 10.8. The van der Waals surface area contributed by atoms with Crippen LogP contribution >= 0.6 is 0 Å². The maximum absolute atomic E-state index is 10.8. The molecular weight excluding hydrogens is 152 g/mol. The zero-order chi connectivity index (χ0) is 9.19. The molecule has 0 aromatic carbocycles. The number of carbonyl (C=O) groups excluding carboxylic acids is 1. The van der Waals surface area contributed by atoms with E-state index >= 15 is 0 Å². The van der Waals surface area contributed by atoms with Crippen molar-refractivity contribution in [3.63, 3.8) is 0 Å². The number of hydrogen-bond acceptors (Lipinski definition) is 2. The molecule has 0 aliphatic carbocycles. The third kappa shape index (κ3) is 3.22. The van der Waals surface area contributed by atoms with Crippen LogP contribution in [-0.2, 0) is 4.79 Å². The second kappa shape index (κ2) is 3.44. The zero-order valence-electron chi connectivity index (χ0n) is 8.11. The van der Waals surface area contributed by atoms with E-state index in [4.69, 9.17) is 0 Å². The number of carbonyl (C=O) groups is 1. The molecule has 0 aromatic rings. The summed E-state index contributed by atoms with van der Waals surface area (Å²) in [6.45, 7) is 7.89. The lowest BCUT2D eigenvalue weighted by Gasteiger charge is -2.29. The Kier molecular flexibility index (Phi) is 2.73. The maximum Gasteiger partial charge on any atom is 0.234 e. The van der Waals surface area contributed by atoms with Gasteiger partial charge in [0.2, 0.25) is 5.91 Å². The Labute approximate surface area is 73.9 Å². The summed E-state index contributed by atoms with van der Waals surface area (Å²) in [5.41, 5.74) is 0.333. The van der Waals surface area contributed by atoms with Gasteiger partial charge in [0.05, 0.1) is 6.54 Å². The lowest BCUT2D eigenvalue weighted by atomic mass is 9.87. The van der Waals surface area contributed by atoms with Gasteiger partial charge in [-0.15, -0.1) is 0 Å². The molecule has 1 amide bonds. The van der Waals surface area contributed by atoms with E-state index in [9.17, 15) is 4.79 Å². The summed E-state index contributed by atoms with van der Waals surface area (Å²) in [5, 5.41) is 6.07. The fourth-order valence-electron chi connectivity index (χ4n) is 1.49. The van der Waals surface area contributed by atoms with Gasteiger partial charge in [-0.1, -0.05) is 20.8 Å². The molecule has 3 heteroatoms. The highest BCUT2D eigenvalue weighted by molar-refractivity contribution is 5.78. The Balaban J connectivity index is 2.31. The normalized spacial score (nSPS) is 25.2. The highest BCUT2D eigenvalue weighted by Gasteiger charge is 2.22. The zero-order valence-corrected chi connectivity index (χ0v) is 8.11. The first kappa shape index (κ1) is 9.52. The van der Waals surface area contributed by atoms with E-state index < -0.39 is 0 Å². The molecule has 1 saturated heterocycles. The quantitative estimate of drug-likeness (QED) is 0.602. The smallest absolute Gasteiger partial charge is 0.234 e. The maximum atomic E-state index is 10.8. The summed E-state index contributed by atoms with van der Waals surface area (Å²) in [5.74, 6) is 0.111. The van der Waals surface area contributed by atoms with E-state index in [0.29, 0.717) is 18.0 Å². The van der Waals surface area contributed by atoms with Crippen molar-refractivity contribution in [3.05, 3.63) is 0 Å². The van der Waals surface area contributed by atoms with E-state index in [1.807, 2.05) is 0 Å². The van der Waals surface area contributed by atoms with E-state index in [-0.39, 0.29) is 5.91 Å². The van der Waals surface area contributed by atoms with Gasteiger partial charge in [-0.3, -0.25) is 4.79 Å². The second-order valence-electron chi connectivity index (χ2n) is 4.65. The molecule has 1 atom stereocenters. The van der Waals surface area contributed by atoms with Crippen LogP contribution in [0, 0.1) is 5.41 Å². The van der Waals surface area contributed by atoms with Gasteiger partial charge in [0, 0.05) is 12.6 Å². The third-order valence-corrected chi connectivity index (χ3v) is 1.96. The highest BCUT2D eigenvalue weighted by Crippen LogP contribution is 2.20. The molecule has 1 aliphatic rings. The van der Waals surface area contributed by atoms with Gasteiger partial charge in [0.25, 0.3) is 0 Å². The Hall–Kier alpha value is -0.570. The van der Waals surface area contributed by atoms with Crippen LogP contribution in [0.3, 0.4) is 0 Å². The Morgan fingerprint density at radius 3 is 2.58 bits per heavy atom. The molecule has 0 spiro atoms. The van der Waals surface area contributed by atoms with E-state index in [2.05, 4.69) is 31.4 Å². The molecule has 1 unspecified atom stereocenters. The van der Waals surface area contributed by atoms with Gasteiger partial charge in [0.1, 0.15) is 0 Å². The van der Waals surface area contributed by atoms with Gasteiger partial charge in [-0.2, -0.15) is 0 Å². The van der Waals surface area contributed by atoms with Crippen molar-refractivity contribution < 1.29 is 4.79 Å². The fraction of sp³-hybridized carbons (Fsp3) is 0.889. The number of rotatable bonds is 1. The van der Waals surface area contributed by atoms with Crippen molar-refractivity contribution in [2.45, 2.75) is 33.2 Å². The molecule has 12 heavy (non-hydrogen) atoms. The molecule has 0 bridgehead atoms. The molecule has 1 heterocycles. The van der Waals surface area contributed by atoms with Crippen molar-refractivity contribution >= 4 is 5.91 Å². The Bertz CT molecular complexity index is 162. The number of piperazine rings is 1. The average Bonchev–Trinajstić information content (AvgIpc) is 1.91. The van der Waals surface area contributed by atoms with Crippen LogP contribution in [0.1, 0.15) is 27.2 Å². The lowest BCUT2D eigenvalue weighted by Crippen LogP contribution is -2.52. The topological polar surface area (TPSA) is 41.1 Å². The SMILES string of the molecule is CC(C)(C)CC1CNC(=O)CN1. The molecule has 70 valence electrons. The van der Waals surface area contributed by atoms with Crippen LogP contribution in [-0.4, -0.2) is 25.0 Å². The van der Waals surface area contributed by atoms with Crippen LogP contribution in [0.15, 0.2) is 0 Å². The van der Waals surface area contributed by atoms with E-state index in [1.165, 1.54) is 0 Å². The molecule has 0 aromatic heterocycles. The first-order chi connectivity index (χ1) is 5.47. The van der Waals surface area contributed by atoms with Crippen molar-refractivity contribution in [2.24, 2.45) is 5.41 Å². The summed E-state index contributed by atoms with van der Waals surface area (Å²) in [7, 11) is 0. The summed E-state index contributed by atoms with van der Waals surface area (Å²) in [6, 6.07) is 0.447. The van der Waals surface area contributed by atoms with Crippen LogP contribution in [0.5, 0.6) is 0 Å². The van der Waals surface area contributed by atoms with Crippen LogP contribution in [0.2, 0.25) is 0 Å². The minimum Gasteiger partial charge on any atom is -0.353 e. The molecule has 1 rings (SSSR count). The largest absolute Gasteiger partial charge is 0.353 e. The van der Waals surface area contributed by atoms with Crippen LogP contribution in [0.25, 0.3) is 0 Å². The number of amides is 1. The number of hydrogen-bond donors (Lipinski definition) is 2. The number of nitrogens with one attached hydrogen (secondary N) is 2. The summed E-state index contributed by atoms with van der Waals surface area (Å²) >= 11 is 0. The molecular formula is C9H18N2O. The predicted octanol–water partition coefficient (Wildman–Crippen LogP) is 0.511.